The van der Waals surface area contributed by atoms with E-state index in [0.29, 0.717) is 11.4 Å². The number of esters is 1. The van der Waals surface area contributed by atoms with Crippen molar-refractivity contribution in [3.63, 3.8) is 0 Å². The Morgan fingerprint density at radius 2 is 1.92 bits per heavy atom. The lowest BCUT2D eigenvalue weighted by Crippen LogP contribution is -2.42. The summed E-state index contributed by atoms with van der Waals surface area (Å²) in [6.07, 6.45) is 1.82. The number of nitrogens with one attached hydrogen (secondary N) is 2. The molecule has 0 spiro atoms. The number of ether oxygens (including phenoxy) is 1. The van der Waals surface area contributed by atoms with Gasteiger partial charge in [-0.25, -0.2) is 9.59 Å². The van der Waals surface area contributed by atoms with Crippen molar-refractivity contribution >= 4 is 17.9 Å². The third-order valence-corrected chi connectivity index (χ3v) is 3.46. The second-order valence-corrected chi connectivity index (χ2v) is 5.63. The third kappa shape index (κ3) is 4.40. The van der Waals surface area contributed by atoms with Gasteiger partial charge < -0.3 is 10.1 Å². The van der Waals surface area contributed by atoms with Crippen LogP contribution in [0.1, 0.15) is 29.0 Å². The molecule has 9 nitrogen and oxygen atoms in total. The highest BCUT2D eigenvalue weighted by molar-refractivity contribution is 5.96. The van der Waals surface area contributed by atoms with Gasteiger partial charge in [-0.1, -0.05) is 18.2 Å². The van der Waals surface area contributed by atoms with Gasteiger partial charge in [0.1, 0.15) is 0 Å². The molecule has 3 rings (SSSR count). The van der Waals surface area contributed by atoms with E-state index in [-0.39, 0.29) is 11.7 Å². The fraction of sp³-hybridized carbons (Fsp3) is 0.312. The minimum atomic E-state index is -0.780. The molecule has 3 amide bonds. The van der Waals surface area contributed by atoms with Crippen LogP contribution in [0.2, 0.25) is 0 Å². The van der Waals surface area contributed by atoms with Crippen molar-refractivity contribution in [2.75, 3.05) is 6.61 Å². The lowest BCUT2D eigenvalue weighted by Gasteiger charge is -2.05. The molecule has 2 N–H and O–H groups in total. The van der Waals surface area contributed by atoms with Gasteiger partial charge in [0.15, 0.2) is 12.3 Å². The van der Waals surface area contributed by atoms with Gasteiger partial charge in [-0.3, -0.25) is 10.1 Å². The van der Waals surface area contributed by atoms with E-state index in [1.54, 1.807) is 19.1 Å². The van der Waals surface area contributed by atoms with E-state index in [4.69, 9.17) is 4.74 Å². The molecule has 1 aromatic heterocycles. The molecule has 0 bridgehead atoms. The Bertz CT molecular complexity index is 798. The van der Waals surface area contributed by atoms with Crippen LogP contribution in [0, 0.1) is 6.92 Å². The Morgan fingerprint density at radius 1 is 1.20 bits per heavy atom. The Kier molecular flexibility index (Phi) is 4.73. The fourth-order valence-electron chi connectivity index (χ4n) is 2.06. The molecular formula is C16H17N5O4. The standard InChI is InChI=1S/C16H17N5O4/c1-10-14(20-21(19-10)12-5-3-2-4-6-12)15(23)25-9-13(22)18-16(24)17-11-7-8-11/h2-6,11H,7-9H2,1H3,(H2,17,18,22,24). The van der Waals surface area contributed by atoms with Gasteiger partial charge in [0.2, 0.25) is 0 Å². The maximum atomic E-state index is 12.1. The molecule has 0 unspecified atom stereocenters. The zero-order valence-corrected chi connectivity index (χ0v) is 13.6. The Labute approximate surface area is 143 Å². The second kappa shape index (κ2) is 7.12. The predicted octanol–water partition coefficient (Wildman–Crippen LogP) is 0.721. The normalized spacial score (nSPS) is 13.2. The van der Waals surface area contributed by atoms with Crippen LogP contribution < -0.4 is 10.6 Å². The number of hydrogen-bond acceptors (Lipinski definition) is 6. The average molecular weight is 343 g/mol. The summed E-state index contributed by atoms with van der Waals surface area (Å²) in [6, 6.07) is 8.63. The van der Waals surface area contributed by atoms with Crippen molar-refractivity contribution in [2.24, 2.45) is 0 Å². The number of urea groups is 1. The van der Waals surface area contributed by atoms with E-state index in [2.05, 4.69) is 20.8 Å². The third-order valence-electron chi connectivity index (χ3n) is 3.46. The number of imide groups is 1. The largest absolute Gasteiger partial charge is 0.451 e. The summed E-state index contributed by atoms with van der Waals surface area (Å²) in [5, 5.41) is 12.9. The van der Waals surface area contributed by atoms with Crippen LogP contribution in [-0.4, -0.2) is 45.6 Å². The molecule has 9 heteroatoms. The van der Waals surface area contributed by atoms with Gasteiger partial charge >= 0.3 is 12.0 Å². The first-order valence-corrected chi connectivity index (χ1v) is 7.80. The first kappa shape index (κ1) is 16.6. The van der Waals surface area contributed by atoms with Crippen LogP contribution in [0.15, 0.2) is 30.3 Å². The maximum absolute atomic E-state index is 12.1. The highest BCUT2D eigenvalue weighted by Crippen LogP contribution is 2.18. The minimum absolute atomic E-state index is 0.0130. The van der Waals surface area contributed by atoms with E-state index < -0.39 is 24.5 Å². The van der Waals surface area contributed by atoms with Crippen LogP contribution >= 0.6 is 0 Å². The number of aromatic nitrogens is 3. The fourth-order valence-corrected chi connectivity index (χ4v) is 2.06. The van der Waals surface area contributed by atoms with Crippen molar-refractivity contribution in [3.05, 3.63) is 41.7 Å². The van der Waals surface area contributed by atoms with Crippen LogP contribution in [0.25, 0.3) is 5.69 Å². The summed E-state index contributed by atoms with van der Waals surface area (Å²) in [4.78, 5) is 36.4. The summed E-state index contributed by atoms with van der Waals surface area (Å²) in [6.45, 7) is 1.04. The second-order valence-electron chi connectivity index (χ2n) is 5.63. The monoisotopic (exact) mass is 343 g/mol. The summed E-state index contributed by atoms with van der Waals surface area (Å²) < 4.78 is 4.89. The van der Waals surface area contributed by atoms with E-state index in [1.807, 2.05) is 18.2 Å². The molecule has 0 saturated heterocycles. The summed E-state index contributed by atoms with van der Waals surface area (Å²) in [5.74, 6) is -1.49. The molecule has 1 aromatic carbocycles. The topological polar surface area (TPSA) is 115 Å². The van der Waals surface area contributed by atoms with Crippen LogP contribution in [0.5, 0.6) is 0 Å². The van der Waals surface area contributed by atoms with Gasteiger partial charge in [0.05, 0.1) is 11.4 Å². The number of aryl methyl sites for hydroxylation is 1. The van der Waals surface area contributed by atoms with Gasteiger partial charge in [-0.05, 0) is 31.9 Å². The Morgan fingerprint density at radius 3 is 2.60 bits per heavy atom. The molecule has 130 valence electrons. The number of rotatable bonds is 5. The highest BCUT2D eigenvalue weighted by Gasteiger charge is 2.24. The molecule has 1 saturated carbocycles. The van der Waals surface area contributed by atoms with E-state index in [9.17, 15) is 14.4 Å². The quantitative estimate of drug-likeness (QED) is 0.773. The molecule has 1 fully saturated rings. The van der Waals surface area contributed by atoms with Crippen molar-refractivity contribution in [3.8, 4) is 5.69 Å². The van der Waals surface area contributed by atoms with E-state index in [0.717, 1.165) is 12.8 Å². The Hall–Kier alpha value is -3.23. The summed E-state index contributed by atoms with van der Waals surface area (Å²) in [5.41, 5.74) is 1.08. The number of carbonyl (C=O) groups is 3. The molecule has 1 heterocycles. The zero-order chi connectivity index (χ0) is 17.8. The van der Waals surface area contributed by atoms with Crippen molar-refractivity contribution in [2.45, 2.75) is 25.8 Å². The maximum Gasteiger partial charge on any atom is 0.361 e. The number of amides is 3. The van der Waals surface area contributed by atoms with E-state index >= 15 is 0 Å². The molecule has 0 atom stereocenters. The SMILES string of the molecule is Cc1nn(-c2ccccc2)nc1C(=O)OCC(=O)NC(=O)NC1CC1. The lowest BCUT2D eigenvalue weighted by atomic mass is 10.3. The number of nitrogens with zero attached hydrogens (tertiary/aromatic N) is 3. The average Bonchev–Trinajstić information content (AvgIpc) is 3.32. The van der Waals surface area contributed by atoms with Crippen LogP contribution in [-0.2, 0) is 9.53 Å². The molecule has 1 aliphatic carbocycles. The van der Waals surface area contributed by atoms with Gasteiger partial charge in [-0.15, -0.1) is 5.10 Å². The number of benzene rings is 1. The number of carbonyl (C=O) groups excluding carboxylic acids is 3. The van der Waals surface area contributed by atoms with Gasteiger partial charge in [0, 0.05) is 6.04 Å². The van der Waals surface area contributed by atoms with Crippen LogP contribution in [0.4, 0.5) is 4.79 Å². The summed E-state index contributed by atoms with van der Waals surface area (Å²) >= 11 is 0. The molecule has 2 aromatic rings. The smallest absolute Gasteiger partial charge is 0.361 e. The van der Waals surface area contributed by atoms with E-state index in [1.165, 1.54) is 4.80 Å². The van der Waals surface area contributed by atoms with Crippen molar-refractivity contribution < 1.29 is 19.1 Å². The molecule has 0 aliphatic heterocycles. The van der Waals surface area contributed by atoms with Gasteiger partial charge in [0.25, 0.3) is 5.91 Å². The number of hydrogen-bond donors (Lipinski definition) is 2. The van der Waals surface area contributed by atoms with Crippen molar-refractivity contribution in [1.82, 2.24) is 25.6 Å². The Balaban J connectivity index is 1.55. The first-order chi connectivity index (χ1) is 12.0. The van der Waals surface area contributed by atoms with Crippen molar-refractivity contribution in [1.29, 1.82) is 0 Å². The van der Waals surface area contributed by atoms with Gasteiger partial charge in [-0.2, -0.15) is 9.90 Å². The highest BCUT2D eigenvalue weighted by atomic mass is 16.5. The molecule has 1 aliphatic rings. The zero-order valence-electron chi connectivity index (χ0n) is 13.6. The number of para-hydroxylation sites is 1. The van der Waals surface area contributed by atoms with Crippen LogP contribution in [0.3, 0.4) is 0 Å². The first-order valence-electron chi connectivity index (χ1n) is 7.80. The lowest BCUT2D eigenvalue weighted by molar-refractivity contribution is -0.123. The summed E-state index contributed by atoms with van der Waals surface area (Å²) in [7, 11) is 0. The molecule has 0 radical (unpaired) electrons. The molecular weight excluding hydrogens is 326 g/mol. The minimum Gasteiger partial charge on any atom is -0.451 e. The molecule has 25 heavy (non-hydrogen) atoms. The predicted molar refractivity (Wildman–Crippen MR) is 86.1 cm³/mol.